The van der Waals surface area contributed by atoms with Crippen molar-refractivity contribution in [2.24, 2.45) is 5.41 Å². The van der Waals surface area contributed by atoms with Gasteiger partial charge in [0, 0.05) is 12.7 Å². The topological polar surface area (TPSA) is 44.1 Å². The summed E-state index contributed by atoms with van der Waals surface area (Å²) in [6.07, 6.45) is 3.00. The van der Waals surface area contributed by atoms with Crippen LogP contribution in [-0.4, -0.2) is 13.0 Å². The van der Waals surface area contributed by atoms with E-state index in [2.05, 4.69) is 6.07 Å². The maximum Gasteiger partial charge on any atom is 0.247 e. The van der Waals surface area contributed by atoms with Gasteiger partial charge in [-0.3, -0.25) is 4.79 Å². The van der Waals surface area contributed by atoms with Crippen LogP contribution in [0.4, 0.5) is 10.1 Å². The van der Waals surface area contributed by atoms with Crippen molar-refractivity contribution in [1.29, 1.82) is 5.26 Å². The predicted molar refractivity (Wildman–Crippen MR) is 66.3 cm³/mol. The Morgan fingerprint density at radius 2 is 2.11 bits per heavy atom. The molecular weight excluding hydrogens is 231 g/mol. The van der Waals surface area contributed by atoms with Gasteiger partial charge in [0.15, 0.2) is 0 Å². The Morgan fingerprint density at radius 1 is 1.44 bits per heavy atom. The molecule has 0 spiro atoms. The number of nitriles is 1. The molecule has 0 atom stereocenters. The van der Waals surface area contributed by atoms with Gasteiger partial charge in [0.05, 0.1) is 6.07 Å². The minimum atomic E-state index is -0.916. The van der Waals surface area contributed by atoms with Gasteiger partial charge in [-0.25, -0.2) is 4.39 Å². The largest absolute Gasteiger partial charge is 0.314 e. The molecule has 0 N–H and O–H groups in total. The van der Waals surface area contributed by atoms with Crippen molar-refractivity contribution in [3.63, 3.8) is 0 Å². The van der Waals surface area contributed by atoms with Crippen LogP contribution in [0.1, 0.15) is 25.7 Å². The van der Waals surface area contributed by atoms with Crippen molar-refractivity contribution >= 4 is 11.6 Å². The lowest BCUT2D eigenvalue weighted by Gasteiger charge is -2.26. The maximum absolute atomic E-state index is 13.1. The molecule has 4 heteroatoms. The minimum absolute atomic E-state index is 0.229. The molecule has 0 heterocycles. The molecule has 1 aliphatic carbocycles. The molecule has 1 aromatic rings. The van der Waals surface area contributed by atoms with Crippen LogP contribution in [0.2, 0.25) is 0 Å². The summed E-state index contributed by atoms with van der Waals surface area (Å²) < 4.78 is 13.1. The van der Waals surface area contributed by atoms with E-state index in [1.54, 1.807) is 19.2 Å². The van der Waals surface area contributed by atoms with Gasteiger partial charge in [0.25, 0.3) is 0 Å². The van der Waals surface area contributed by atoms with Gasteiger partial charge in [-0.05, 0) is 31.0 Å². The van der Waals surface area contributed by atoms with Crippen molar-refractivity contribution in [2.75, 3.05) is 11.9 Å². The average molecular weight is 246 g/mol. The molecule has 0 saturated heterocycles. The third-order valence-electron chi connectivity index (χ3n) is 3.58. The van der Waals surface area contributed by atoms with Crippen molar-refractivity contribution in [1.82, 2.24) is 0 Å². The highest BCUT2D eigenvalue weighted by Gasteiger charge is 2.43. The Kier molecular flexibility index (Phi) is 3.33. The van der Waals surface area contributed by atoms with Crippen LogP contribution < -0.4 is 4.90 Å². The van der Waals surface area contributed by atoms with E-state index in [1.165, 1.54) is 17.0 Å². The van der Waals surface area contributed by atoms with E-state index in [9.17, 15) is 14.4 Å². The zero-order valence-corrected chi connectivity index (χ0v) is 10.3. The molecule has 1 amide bonds. The first-order valence-electron chi connectivity index (χ1n) is 6.04. The molecule has 94 valence electrons. The van der Waals surface area contributed by atoms with Crippen LogP contribution in [0.15, 0.2) is 24.3 Å². The highest BCUT2D eigenvalue weighted by atomic mass is 19.1. The van der Waals surface area contributed by atoms with Crippen LogP contribution in [0.3, 0.4) is 0 Å². The highest BCUT2D eigenvalue weighted by molar-refractivity contribution is 5.99. The van der Waals surface area contributed by atoms with Crippen molar-refractivity contribution in [3.8, 4) is 6.07 Å². The molecule has 0 radical (unpaired) electrons. The second kappa shape index (κ2) is 4.77. The molecule has 1 saturated carbocycles. The van der Waals surface area contributed by atoms with Gasteiger partial charge < -0.3 is 4.90 Å². The van der Waals surface area contributed by atoms with Gasteiger partial charge in [-0.1, -0.05) is 18.9 Å². The molecule has 0 aliphatic heterocycles. The normalized spacial score (nSPS) is 17.2. The minimum Gasteiger partial charge on any atom is -0.314 e. The van der Waals surface area contributed by atoms with Gasteiger partial charge in [0.1, 0.15) is 11.2 Å². The fourth-order valence-corrected chi connectivity index (χ4v) is 2.48. The maximum atomic E-state index is 13.1. The zero-order valence-electron chi connectivity index (χ0n) is 10.3. The molecule has 1 aromatic carbocycles. The number of hydrogen-bond acceptors (Lipinski definition) is 2. The van der Waals surface area contributed by atoms with Gasteiger partial charge in [0.2, 0.25) is 5.91 Å². The summed E-state index contributed by atoms with van der Waals surface area (Å²) >= 11 is 0. The third kappa shape index (κ3) is 2.08. The molecule has 1 aliphatic rings. The summed E-state index contributed by atoms with van der Waals surface area (Å²) in [6, 6.07) is 8.02. The van der Waals surface area contributed by atoms with Crippen molar-refractivity contribution in [3.05, 3.63) is 30.1 Å². The second-order valence-electron chi connectivity index (χ2n) is 4.75. The van der Waals surface area contributed by atoms with Crippen LogP contribution in [0.5, 0.6) is 0 Å². The Morgan fingerprint density at radius 3 is 2.67 bits per heavy atom. The van der Waals surface area contributed by atoms with Crippen LogP contribution >= 0.6 is 0 Å². The summed E-state index contributed by atoms with van der Waals surface area (Å²) in [5.74, 6) is -0.613. The standard InChI is InChI=1S/C14H15FN2O/c1-17(12-6-4-5-11(15)9-12)13(18)14(10-16)7-2-3-8-14/h4-6,9H,2-3,7-8H2,1H3. The van der Waals surface area contributed by atoms with Gasteiger partial charge in [-0.15, -0.1) is 0 Å². The van der Waals surface area contributed by atoms with Crippen LogP contribution in [0.25, 0.3) is 0 Å². The van der Waals surface area contributed by atoms with E-state index in [-0.39, 0.29) is 11.7 Å². The summed E-state index contributed by atoms with van der Waals surface area (Å²) in [5, 5.41) is 9.27. The fourth-order valence-electron chi connectivity index (χ4n) is 2.48. The Labute approximate surface area is 106 Å². The lowest BCUT2D eigenvalue weighted by Crippen LogP contribution is -2.39. The first-order valence-corrected chi connectivity index (χ1v) is 6.04. The molecule has 3 nitrogen and oxygen atoms in total. The second-order valence-corrected chi connectivity index (χ2v) is 4.75. The number of carbonyl (C=O) groups is 1. The van der Waals surface area contributed by atoms with Gasteiger partial charge >= 0.3 is 0 Å². The number of hydrogen-bond donors (Lipinski definition) is 0. The molecule has 0 aromatic heterocycles. The molecule has 0 unspecified atom stereocenters. The van der Waals surface area contributed by atoms with Crippen LogP contribution in [-0.2, 0) is 4.79 Å². The fraction of sp³-hybridized carbons (Fsp3) is 0.429. The molecular formula is C14H15FN2O. The summed E-state index contributed by atoms with van der Waals surface area (Å²) in [6.45, 7) is 0. The number of carbonyl (C=O) groups excluding carboxylic acids is 1. The van der Waals surface area contributed by atoms with E-state index in [1.807, 2.05) is 0 Å². The Bertz CT molecular complexity index is 501. The molecule has 1 fully saturated rings. The van der Waals surface area contributed by atoms with E-state index >= 15 is 0 Å². The first kappa shape index (κ1) is 12.6. The SMILES string of the molecule is CN(C(=O)C1(C#N)CCCC1)c1cccc(F)c1. The smallest absolute Gasteiger partial charge is 0.247 e. The number of amides is 1. The Balaban J connectivity index is 2.26. The first-order chi connectivity index (χ1) is 8.59. The van der Waals surface area contributed by atoms with Gasteiger partial charge in [-0.2, -0.15) is 5.26 Å². The summed E-state index contributed by atoms with van der Waals surface area (Å²) in [7, 11) is 1.59. The monoisotopic (exact) mass is 246 g/mol. The van der Waals surface area contributed by atoms with E-state index in [0.717, 1.165) is 12.8 Å². The number of nitrogens with zero attached hydrogens (tertiary/aromatic N) is 2. The lowest BCUT2D eigenvalue weighted by atomic mass is 9.86. The average Bonchev–Trinajstić information content (AvgIpc) is 2.87. The summed E-state index contributed by atoms with van der Waals surface area (Å²) in [4.78, 5) is 13.8. The quantitative estimate of drug-likeness (QED) is 0.805. The van der Waals surface area contributed by atoms with Crippen molar-refractivity contribution in [2.45, 2.75) is 25.7 Å². The summed E-state index contributed by atoms with van der Waals surface area (Å²) in [5.41, 5.74) is -0.428. The number of benzene rings is 1. The van der Waals surface area contributed by atoms with E-state index in [4.69, 9.17) is 0 Å². The molecule has 18 heavy (non-hydrogen) atoms. The highest BCUT2D eigenvalue weighted by Crippen LogP contribution is 2.39. The van der Waals surface area contributed by atoms with E-state index in [0.29, 0.717) is 18.5 Å². The molecule has 2 rings (SSSR count). The molecule has 0 bridgehead atoms. The Hall–Kier alpha value is -1.89. The van der Waals surface area contributed by atoms with E-state index < -0.39 is 5.41 Å². The number of rotatable bonds is 2. The predicted octanol–water partition coefficient (Wildman–Crippen LogP) is 2.87. The van der Waals surface area contributed by atoms with Crippen LogP contribution in [0, 0.1) is 22.6 Å². The van der Waals surface area contributed by atoms with Crippen molar-refractivity contribution < 1.29 is 9.18 Å². The lowest BCUT2D eigenvalue weighted by molar-refractivity contribution is -0.124. The third-order valence-corrected chi connectivity index (χ3v) is 3.58. The number of halogens is 1. The zero-order chi connectivity index (χ0) is 13.2. The number of anilines is 1.